The minimum atomic E-state index is -0.746. The van der Waals surface area contributed by atoms with Crippen molar-refractivity contribution in [2.24, 2.45) is 63.6 Å². The van der Waals surface area contributed by atoms with E-state index in [0.717, 1.165) is 82.9 Å². The average molecular weight is 1030 g/mol. The van der Waals surface area contributed by atoms with Crippen LogP contribution >= 0.6 is 0 Å². The number of nitrogens with zero attached hydrogens (tertiary/aromatic N) is 1. The van der Waals surface area contributed by atoms with E-state index >= 15 is 0 Å². The summed E-state index contributed by atoms with van der Waals surface area (Å²) in [5.41, 5.74) is 4.66. The first kappa shape index (κ1) is 54.8. The fourth-order valence-electron chi connectivity index (χ4n) is 17.4. The lowest BCUT2D eigenvalue weighted by atomic mass is 9.43. The molecule has 9 rings (SSSR count). The number of aliphatic hydroxyl groups excluding tert-OH is 1. The predicted octanol–water partition coefficient (Wildman–Crippen LogP) is 11.0. The van der Waals surface area contributed by atoms with E-state index in [1.807, 2.05) is 6.08 Å². The highest BCUT2D eigenvalue weighted by Crippen LogP contribution is 2.70. The van der Waals surface area contributed by atoms with Crippen LogP contribution < -0.4 is 10.2 Å². The number of ether oxygens (including phenoxy) is 5. The molecule has 16 atom stereocenters. The Morgan fingerprint density at radius 1 is 0.905 bits per heavy atom. The van der Waals surface area contributed by atoms with Gasteiger partial charge in [0.2, 0.25) is 0 Å². The number of methoxy groups -OCH3 is 1. The number of hydrogen-bond donors (Lipinski definition) is 3. The predicted molar refractivity (Wildman–Crippen MR) is 283 cm³/mol. The second-order valence-electron chi connectivity index (χ2n) is 26.4. The van der Waals surface area contributed by atoms with Gasteiger partial charge in [-0.3, -0.25) is 9.59 Å². The molecule has 1 amide bonds. The molecular formula is C61H90N2O11. The van der Waals surface area contributed by atoms with E-state index in [1.54, 1.807) is 26.3 Å². The van der Waals surface area contributed by atoms with Crippen molar-refractivity contribution in [2.75, 3.05) is 45.4 Å². The van der Waals surface area contributed by atoms with Gasteiger partial charge in [0.25, 0.3) is 0 Å². The molecule has 0 aliphatic heterocycles. The Kier molecular flexibility index (Phi) is 15.7. The number of rotatable bonds is 14. The summed E-state index contributed by atoms with van der Waals surface area (Å²) < 4.78 is 29.1. The zero-order valence-electron chi connectivity index (χ0n) is 46.5. The molecule has 0 heterocycles. The number of carbonyl (C=O) groups is 4. The van der Waals surface area contributed by atoms with Crippen LogP contribution in [0.1, 0.15) is 170 Å². The maximum atomic E-state index is 13.6. The molecule has 0 bridgehead atoms. The van der Waals surface area contributed by atoms with Gasteiger partial charge in [-0.1, -0.05) is 45.4 Å². The lowest BCUT2D eigenvalue weighted by Crippen LogP contribution is -2.63. The minimum Gasteiger partial charge on any atom is -0.469 e. The molecule has 1 aromatic rings. The van der Waals surface area contributed by atoms with Gasteiger partial charge >= 0.3 is 18.2 Å². The first-order valence-corrected chi connectivity index (χ1v) is 28.6. The number of ketones is 1. The van der Waals surface area contributed by atoms with Gasteiger partial charge in [0, 0.05) is 49.4 Å². The largest absolute Gasteiger partial charge is 0.508 e. The molecule has 1 aromatic carbocycles. The molecular weight excluding hydrogens is 937 g/mol. The molecule has 13 nitrogen and oxygen atoms in total. The van der Waals surface area contributed by atoms with E-state index in [1.165, 1.54) is 23.8 Å². The standard InChI is InChI=1S/C61H90N2O11/c1-36(11-22-52(66)70-10)46-20-21-48-54-49(34-51(65)61(46,48)8)58(5)25-23-42(32-39(58)33-50(54)73-56(68)72-29-27-62-55(67)74-57(2,3)4)71-30-28-63(9)40-15-12-37(13-16-40)45-35-59(6)47(24-26-60(59,7)69)44-18-14-38-31-41(64)17-19-43(38)53(44)45/h12-13,15-16,31,36,39,42,44-51,54,65,69H,11,14,17-30,32-35H2,1-10H3,(H,62,67)/t36-,39+,42+,44?,45-,46?,47?,48+,49+,50-,51+,54+,58+,59+,60+,61-/m1/s1. The van der Waals surface area contributed by atoms with Crippen LogP contribution in [-0.4, -0.2) is 104 Å². The van der Waals surface area contributed by atoms with Crippen molar-refractivity contribution in [3.05, 3.63) is 52.6 Å². The maximum Gasteiger partial charge on any atom is 0.508 e. The summed E-state index contributed by atoms with van der Waals surface area (Å²) >= 11 is 0. The number of carbonyl (C=O) groups excluding carboxylic acids is 4. The van der Waals surface area contributed by atoms with E-state index in [-0.39, 0.29) is 83.3 Å². The quantitative estimate of drug-likeness (QED) is 0.0917. The van der Waals surface area contributed by atoms with Crippen molar-refractivity contribution in [3.63, 3.8) is 0 Å². The third kappa shape index (κ3) is 10.3. The molecule has 74 heavy (non-hydrogen) atoms. The average Bonchev–Trinajstić information content (AvgIpc) is 3.83. The normalized spacial score (nSPS) is 38.7. The van der Waals surface area contributed by atoms with Crippen LogP contribution in [0.25, 0.3) is 0 Å². The van der Waals surface area contributed by atoms with Crippen molar-refractivity contribution >= 4 is 29.7 Å². The summed E-state index contributed by atoms with van der Waals surface area (Å²) in [6, 6.07) is 9.09. The maximum absolute atomic E-state index is 13.6. The van der Waals surface area contributed by atoms with Crippen molar-refractivity contribution in [1.82, 2.24) is 5.32 Å². The Hall–Kier alpha value is -3.94. The van der Waals surface area contributed by atoms with E-state index < -0.39 is 41.1 Å². The number of allylic oxidation sites excluding steroid dienone is 4. The molecule has 0 saturated heterocycles. The summed E-state index contributed by atoms with van der Waals surface area (Å²) in [5.74, 6) is 2.07. The number of alkyl carbamates (subject to hydrolysis) is 1. The number of hydrogen-bond acceptors (Lipinski definition) is 12. The summed E-state index contributed by atoms with van der Waals surface area (Å²) in [7, 11) is 3.55. The van der Waals surface area contributed by atoms with E-state index in [9.17, 15) is 29.4 Å². The number of amides is 1. The van der Waals surface area contributed by atoms with Gasteiger partial charge in [-0.2, -0.15) is 0 Å². The van der Waals surface area contributed by atoms with Gasteiger partial charge in [-0.15, -0.1) is 0 Å². The van der Waals surface area contributed by atoms with Gasteiger partial charge in [-0.25, -0.2) is 9.59 Å². The highest BCUT2D eigenvalue weighted by molar-refractivity contribution is 5.93. The SMILES string of the molecule is COC(=O)CC[C@@H](C)C1CC[C@H]2[C@@H]3[C@H](OC(=O)OCCNC(=O)OC(C)(C)C)C[C@@H]4C[C@@H](OCCN(C)c5ccc([C@H]6C[C@@]7(C)C(CC[C@]7(C)O)C7CCC8=CC(=O)CCC8=C76)cc5)CC[C@]4(C)[C@H]3C[C@H](O)[C@]12C. The lowest BCUT2D eigenvalue weighted by Gasteiger charge is -2.64. The number of likely N-dealkylation sites (N-methyl/N-ethyl adjacent to an activating group) is 1. The number of aliphatic hydroxyl groups is 2. The Morgan fingerprint density at radius 2 is 1.66 bits per heavy atom. The van der Waals surface area contributed by atoms with Gasteiger partial charge < -0.3 is 44.1 Å². The Balaban J connectivity index is 0.861. The molecule has 0 radical (unpaired) electrons. The van der Waals surface area contributed by atoms with Crippen LogP contribution in [0, 0.1) is 63.6 Å². The molecule has 8 aliphatic rings. The monoisotopic (exact) mass is 1030 g/mol. The number of fused-ring (bicyclic) bond motifs is 9. The molecule has 410 valence electrons. The highest BCUT2D eigenvalue weighted by Gasteiger charge is 2.67. The van der Waals surface area contributed by atoms with Crippen molar-refractivity contribution in [2.45, 2.75) is 194 Å². The molecule has 13 heteroatoms. The van der Waals surface area contributed by atoms with E-state index in [2.05, 4.69) is 76.1 Å². The summed E-state index contributed by atoms with van der Waals surface area (Å²) in [4.78, 5) is 52.9. The van der Waals surface area contributed by atoms with Crippen LogP contribution in [0.15, 0.2) is 47.1 Å². The molecule has 0 aromatic heterocycles. The van der Waals surface area contributed by atoms with Crippen LogP contribution in [0.2, 0.25) is 0 Å². The van der Waals surface area contributed by atoms with E-state index in [0.29, 0.717) is 50.5 Å². The fourth-order valence-corrected chi connectivity index (χ4v) is 17.4. The highest BCUT2D eigenvalue weighted by atomic mass is 16.7. The van der Waals surface area contributed by atoms with Gasteiger partial charge in [-0.05, 0) is 205 Å². The molecule has 6 saturated carbocycles. The summed E-state index contributed by atoms with van der Waals surface area (Å²) in [6.45, 7) is 18.0. The lowest BCUT2D eigenvalue weighted by molar-refractivity contribution is -0.211. The van der Waals surface area contributed by atoms with Gasteiger partial charge in [0.15, 0.2) is 5.78 Å². The van der Waals surface area contributed by atoms with Gasteiger partial charge in [0.05, 0.1) is 38.1 Å². The molecule has 6 fully saturated rings. The van der Waals surface area contributed by atoms with Crippen LogP contribution in [0.5, 0.6) is 0 Å². The number of benzene rings is 1. The van der Waals surface area contributed by atoms with Crippen LogP contribution in [-0.2, 0) is 33.3 Å². The van der Waals surface area contributed by atoms with Crippen molar-refractivity contribution < 1.29 is 53.1 Å². The molecule has 8 aliphatic carbocycles. The van der Waals surface area contributed by atoms with Crippen molar-refractivity contribution in [1.29, 1.82) is 0 Å². The second-order valence-corrected chi connectivity index (χ2v) is 26.4. The molecule has 3 unspecified atom stereocenters. The number of nitrogens with one attached hydrogen (secondary N) is 1. The Labute approximate surface area is 441 Å². The van der Waals surface area contributed by atoms with Crippen LogP contribution in [0.3, 0.4) is 0 Å². The van der Waals surface area contributed by atoms with Crippen LogP contribution in [0.4, 0.5) is 15.3 Å². The minimum absolute atomic E-state index is 0.0387. The van der Waals surface area contributed by atoms with E-state index in [4.69, 9.17) is 23.7 Å². The third-order valence-corrected chi connectivity index (χ3v) is 21.6. The first-order chi connectivity index (χ1) is 35.0. The van der Waals surface area contributed by atoms with Gasteiger partial charge in [0.1, 0.15) is 18.3 Å². The number of anilines is 1. The Morgan fingerprint density at radius 3 is 2.39 bits per heavy atom. The fraction of sp³-hybridized carbons (Fsp3) is 0.770. The topological polar surface area (TPSA) is 170 Å². The Bertz CT molecular complexity index is 2320. The molecule has 3 N–H and O–H groups in total. The smallest absolute Gasteiger partial charge is 0.469 e. The second kappa shape index (κ2) is 21.1. The first-order valence-electron chi connectivity index (χ1n) is 28.6. The molecule has 0 spiro atoms. The number of esters is 1. The third-order valence-electron chi connectivity index (χ3n) is 21.6. The summed E-state index contributed by atoms with van der Waals surface area (Å²) in [5, 5.41) is 26.9. The van der Waals surface area contributed by atoms with Crippen molar-refractivity contribution in [3.8, 4) is 0 Å². The zero-order chi connectivity index (χ0) is 53.1. The summed E-state index contributed by atoms with van der Waals surface area (Å²) in [6.07, 6.45) is 12.9. The zero-order valence-corrected chi connectivity index (χ0v) is 46.5.